The van der Waals surface area contributed by atoms with Crippen LogP contribution >= 0.6 is 22.6 Å². The summed E-state index contributed by atoms with van der Waals surface area (Å²) in [4.78, 5) is 8.60. The monoisotopic (exact) mass is 562 g/mol. The van der Waals surface area contributed by atoms with Gasteiger partial charge in [0.2, 0.25) is 0 Å². The molecule has 0 aromatic carbocycles. The zero-order valence-electron chi connectivity index (χ0n) is 19.5. The van der Waals surface area contributed by atoms with E-state index in [1.165, 1.54) is 6.33 Å². The van der Waals surface area contributed by atoms with Crippen LogP contribution in [0.15, 0.2) is 12.4 Å². The van der Waals surface area contributed by atoms with Gasteiger partial charge in [-0.15, -0.1) is 0 Å². The predicted octanol–water partition coefficient (Wildman–Crippen LogP) is 4.35. The number of nitrogen functional groups attached to an aromatic ring is 1. The van der Waals surface area contributed by atoms with E-state index in [1.54, 1.807) is 0 Å². The van der Waals surface area contributed by atoms with Crippen molar-refractivity contribution >= 4 is 47.8 Å². The van der Waals surface area contributed by atoms with Crippen molar-refractivity contribution < 1.29 is 18.6 Å². The minimum Gasteiger partial charge on any atom is -0.414 e. The molecule has 0 amide bonds. The van der Waals surface area contributed by atoms with Gasteiger partial charge in [0.1, 0.15) is 36.1 Å². The number of nitrogens with two attached hydrogens (primary N) is 1. The maximum Gasteiger partial charge on any atom is 0.192 e. The Balaban J connectivity index is 1.96. The molecule has 1 saturated heterocycles. The average Bonchev–Trinajstić information content (AvgIpc) is 3.18. The van der Waals surface area contributed by atoms with E-state index < -0.39 is 14.5 Å². The molecule has 1 aliphatic heterocycles. The third kappa shape index (κ3) is 4.93. The van der Waals surface area contributed by atoms with Crippen molar-refractivity contribution in [2.75, 3.05) is 25.6 Å². The smallest absolute Gasteiger partial charge is 0.192 e. The minimum absolute atomic E-state index is 0.117. The first-order valence-electron chi connectivity index (χ1n) is 10.8. The summed E-state index contributed by atoms with van der Waals surface area (Å²) in [6.07, 6.45) is 0.296. The lowest BCUT2D eigenvalue weighted by Crippen LogP contribution is -2.45. The highest BCUT2D eigenvalue weighted by Crippen LogP contribution is 2.40. The quantitative estimate of drug-likeness (QED) is 0.378. The van der Waals surface area contributed by atoms with Crippen molar-refractivity contribution in [3.63, 3.8) is 0 Å². The predicted molar refractivity (Wildman–Crippen MR) is 133 cm³/mol. The van der Waals surface area contributed by atoms with E-state index >= 15 is 0 Å². The lowest BCUT2D eigenvalue weighted by atomic mass is 10.1. The van der Waals surface area contributed by atoms with Gasteiger partial charge in [-0.1, -0.05) is 20.8 Å². The Bertz CT molecular complexity index is 901. The molecule has 0 unspecified atom stereocenters. The maximum atomic E-state index is 6.58. The van der Waals surface area contributed by atoms with Gasteiger partial charge in [0.15, 0.2) is 14.5 Å². The lowest BCUT2D eigenvalue weighted by molar-refractivity contribution is -0.0736. The number of hydrogen-bond acceptors (Lipinski definition) is 7. The Morgan fingerprint density at radius 2 is 1.81 bits per heavy atom. The van der Waals surface area contributed by atoms with Gasteiger partial charge in [0.25, 0.3) is 0 Å². The molecular weight excluding hydrogens is 527 g/mol. The number of aromatic nitrogens is 3. The van der Waals surface area contributed by atoms with E-state index in [9.17, 15) is 0 Å². The zero-order chi connectivity index (χ0) is 23.0. The molecule has 2 aromatic heterocycles. The van der Waals surface area contributed by atoms with E-state index in [4.69, 9.17) is 24.4 Å². The lowest BCUT2D eigenvalue weighted by Gasteiger charge is -2.37. The summed E-state index contributed by atoms with van der Waals surface area (Å²) in [7, 11) is -1.94. The number of halogens is 1. The van der Waals surface area contributed by atoms with Crippen molar-refractivity contribution in [2.24, 2.45) is 0 Å². The summed E-state index contributed by atoms with van der Waals surface area (Å²) in [5, 5.41) is 0.922. The van der Waals surface area contributed by atoms with Crippen LogP contribution in [0, 0.1) is 3.70 Å². The molecule has 3 rings (SSSR count). The summed E-state index contributed by atoms with van der Waals surface area (Å²) in [5.74, 6) is 0.451. The molecule has 1 aliphatic rings. The average molecular weight is 563 g/mol. The first-order chi connectivity index (χ1) is 14.5. The minimum atomic E-state index is -1.94. The number of anilines is 1. The molecule has 1 fully saturated rings. The van der Waals surface area contributed by atoms with E-state index in [0.29, 0.717) is 25.6 Å². The molecule has 2 aromatic rings. The fraction of sp³-hybridized carbons (Fsp3) is 0.714. The molecular formula is C21H35IN4O4Si. The second-order valence-corrected chi connectivity index (χ2v) is 15.2. The van der Waals surface area contributed by atoms with Gasteiger partial charge in [-0.3, -0.25) is 4.57 Å². The highest BCUT2D eigenvalue weighted by atomic mass is 127. The largest absolute Gasteiger partial charge is 0.414 e. The van der Waals surface area contributed by atoms with Crippen LogP contribution in [0.2, 0.25) is 18.1 Å². The van der Waals surface area contributed by atoms with Crippen LogP contribution in [-0.4, -0.2) is 61.0 Å². The van der Waals surface area contributed by atoms with Crippen LogP contribution in [0.4, 0.5) is 5.82 Å². The third-order valence-corrected chi connectivity index (χ3v) is 11.6. The first-order valence-corrected chi connectivity index (χ1v) is 14.8. The topological polar surface area (TPSA) is 93.7 Å². The summed E-state index contributed by atoms with van der Waals surface area (Å²) < 4.78 is 28.4. The molecule has 0 saturated carbocycles. The van der Waals surface area contributed by atoms with Crippen LogP contribution < -0.4 is 5.73 Å². The van der Waals surface area contributed by atoms with Gasteiger partial charge in [-0.2, -0.15) is 0 Å². The number of rotatable bonds is 8. The van der Waals surface area contributed by atoms with Crippen molar-refractivity contribution in [1.82, 2.24) is 14.5 Å². The zero-order valence-corrected chi connectivity index (χ0v) is 22.7. The van der Waals surface area contributed by atoms with E-state index in [1.807, 2.05) is 24.5 Å². The SMILES string of the molecule is CCO[C@@H]1[C@H](OCC)[C@@H](CO[Si](C)(C)C(C)(C)C)O[C@H]1n1c(I)cc2c(N)ncnc21. The first kappa shape index (κ1) is 24.8. The molecule has 0 aliphatic carbocycles. The van der Waals surface area contributed by atoms with Crippen LogP contribution in [0.5, 0.6) is 0 Å². The van der Waals surface area contributed by atoms with Crippen LogP contribution in [-0.2, 0) is 18.6 Å². The standard InChI is InChI=1S/C21H35IN4O4Si/c1-8-27-16-14(11-29-31(6,7)21(3,4)5)30-20(17(16)28-9-2)26-15(22)10-13-18(23)24-12-25-19(13)26/h10,12,14,16-17,20H,8-9,11H2,1-7H3,(H2,23,24,25)/t14-,16-,17-,20-/m1/s1. The van der Waals surface area contributed by atoms with E-state index in [2.05, 4.69) is 66.4 Å². The number of nitrogens with zero attached hydrogens (tertiary/aromatic N) is 3. The Kier molecular flexibility index (Phi) is 7.69. The number of hydrogen-bond donors (Lipinski definition) is 1. The molecule has 0 bridgehead atoms. The van der Waals surface area contributed by atoms with Crippen LogP contribution in [0.3, 0.4) is 0 Å². The molecule has 0 spiro atoms. The van der Waals surface area contributed by atoms with E-state index in [0.717, 1.165) is 14.7 Å². The van der Waals surface area contributed by atoms with Crippen molar-refractivity contribution in [1.29, 1.82) is 0 Å². The summed E-state index contributed by atoms with van der Waals surface area (Å²) in [6.45, 7) is 16.8. The van der Waals surface area contributed by atoms with Crippen molar-refractivity contribution in [3.05, 3.63) is 16.1 Å². The molecule has 3 heterocycles. The number of ether oxygens (including phenoxy) is 3. The van der Waals surface area contributed by atoms with Gasteiger partial charge in [0.05, 0.1) is 15.7 Å². The normalized spacial score (nSPS) is 24.9. The Hall–Kier alpha value is -0.793. The molecule has 10 heteroatoms. The van der Waals surface area contributed by atoms with Gasteiger partial charge in [0, 0.05) is 13.2 Å². The molecule has 0 radical (unpaired) electrons. The van der Waals surface area contributed by atoms with Crippen LogP contribution in [0.25, 0.3) is 11.0 Å². The molecule has 8 nitrogen and oxygen atoms in total. The fourth-order valence-electron chi connectivity index (χ4n) is 3.58. The third-order valence-electron chi connectivity index (χ3n) is 6.29. The molecule has 2 N–H and O–H groups in total. The highest BCUT2D eigenvalue weighted by Gasteiger charge is 2.49. The number of fused-ring (bicyclic) bond motifs is 1. The van der Waals surface area contributed by atoms with Gasteiger partial charge < -0.3 is 24.4 Å². The highest BCUT2D eigenvalue weighted by molar-refractivity contribution is 14.1. The van der Waals surface area contributed by atoms with Crippen molar-refractivity contribution in [2.45, 2.75) is 77.3 Å². The molecule has 174 valence electrons. The molecule has 31 heavy (non-hydrogen) atoms. The van der Waals surface area contributed by atoms with E-state index in [-0.39, 0.29) is 23.4 Å². The summed E-state index contributed by atoms with van der Waals surface area (Å²) in [6, 6.07) is 1.98. The Morgan fingerprint density at radius 3 is 2.42 bits per heavy atom. The Morgan fingerprint density at radius 1 is 1.16 bits per heavy atom. The summed E-state index contributed by atoms with van der Waals surface area (Å²) >= 11 is 2.28. The second-order valence-electron chi connectivity index (χ2n) is 9.31. The maximum absolute atomic E-state index is 6.58. The van der Waals surface area contributed by atoms with Gasteiger partial charge in [-0.05, 0) is 60.6 Å². The fourth-order valence-corrected chi connectivity index (χ4v) is 5.41. The van der Waals surface area contributed by atoms with Crippen LogP contribution in [0.1, 0.15) is 40.8 Å². The summed E-state index contributed by atoms with van der Waals surface area (Å²) in [5.41, 5.74) is 6.82. The van der Waals surface area contributed by atoms with Gasteiger partial charge in [-0.25, -0.2) is 9.97 Å². The Labute approximate surface area is 199 Å². The molecule has 4 atom stereocenters. The van der Waals surface area contributed by atoms with Crippen molar-refractivity contribution in [3.8, 4) is 0 Å². The second kappa shape index (κ2) is 9.60. The van der Waals surface area contributed by atoms with Gasteiger partial charge >= 0.3 is 0 Å².